The fourth-order valence-corrected chi connectivity index (χ4v) is 3.05. The predicted molar refractivity (Wildman–Crippen MR) is 69.9 cm³/mol. The van der Waals surface area contributed by atoms with E-state index in [4.69, 9.17) is 9.47 Å². The summed E-state index contributed by atoms with van der Waals surface area (Å²) in [6.07, 6.45) is 1.87. The minimum absolute atomic E-state index is 0.203. The Morgan fingerprint density at radius 1 is 1.22 bits per heavy atom. The summed E-state index contributed by atoms with van der Waals surface area (Å²) in [5.74, 6) is 1.27. The number of ether oxygens (including phenoxy) is 2. The molecule has 2 aliphatic rings. The van der Waals surface area contributed by atoms with E-state index >= 15 is 0 Å². The number of hydrogen-bond donors (Lipinski definition) is 1. The molecule has 0 atom stereocenters. The van der Waals surface area contributed by atoms with Gasteiger partial charge in [0.2, 0.25) is 0 Å². The lowest BCUT2D eigenvalue weighted by atomic mass is 9.89. The first-order valence-corrected chi connectivity index (χ1v) is 7.05. The number of fused-ring (bicyclic) bond motifs is 1. The standard InChI is InChI=1S/C13H15BrFNO2/c14-9-7-10-13(18-6-5-17-10)11(12(9)15)8-1-3-16-4-2-8/h7-8,16H,1-6H2. The Morgan fingerprint density at radius 3 is 2.72 bits per heavy atom. The molecule has 1 fully saturated rings. The monoisotopic (exact) mass is 315 g/mol. The molecule has 1 saturated heterocycles. The molecule has 0 aromatic heterocycles. The van der Waals surface area contributed by atoms with Crippen molar-refractivity contribution in [3.63, 3.8) is 0 Å². The highest BCUT2D eigenvalue weighted by molar-refractivity contribution is 9.10. The van der Waals surface area contributed by atoms with Crippen molar-refractivity contribution >= 4 is 15.9 Å². The summed E-state index contributed by atoms with van der Waals surface area (Å²) in [7, 11) is 0. The predicted octanol–water partition coefficient (Wildman–Crippen LogP) is 2.83. The van der Waals surface area contributed by atoms with Gasteiger partial charge in [0.1, 0.15) is 19.0 Å². The molecule has 0 unspecified atom stereocenters. The van der Waals surface area contributed by atoms with Crippen LogP contribution in [0.1, 0.15) is 24.3 Å². The smallest absolute Gasteiger partial charge is 0.167 e. The maximum atomic E-state index is 14.4. The van der Waals surface area contributed by atoms with Crippen LogP contribution in [-0.4, -0.2) is 26.3 Å². The molecule has 1 N–H and O–H groups in total. The molecule has 0 spiro atoms. The molecule has 2 heterocycles. The van der Waals surface area contributed by atoms with E-state index < -0.39 is 0 Å². The molecule has 0 bridgehead atoms. The van der Waals surface area contributed by atoms with Gasteiger partial charge in [-0.2, -0.15) is 0 Å². The van der Waals surface area contributed by atoms with Crippen LogP contribution in [0.25, 0.3) is 0 Å². The van der Waals surface area contributed by atoms with Crippen molar-refractivity contribution in [3.8, 4) is 11.5 Å². The highest BCUT2D eigenvalue weighted by Gasteiger charge is 2.28. The molecule has 3 rings (SSSR count). The number of rotatable bonds is 1. The minimum atomic E-state index is -0.203. The van der Waals surface area contributed by atoms with E-state index in [0.29, 0.717) is 34.7 Å². The van der Waals surface area contributed by atoms with Crippen molar-refractivity contribution < 1.29 is 13.9 Å². The van der Waals surface area contributed by atoms with Gasteiger partial charge in [-0.15, -0.1) is 0 Å². The van der Waals surface area contributed by atoms with Gasteiger partial charge in [0.05, 0.1) is 4.47 Å². The lowest BCUT2D eigenvalue weighted by Gasteiger charge is -2.28. The van der Waals surface area contributed by atoms with Crippen molar-refractivity contribution in [1.82, 2.24) is 5.32 Å². The van der Waals surface area contributed by atoms with Gasteiger partial charge in [-0.3, -0.25) is 0 Å². The zero-order valence-electron chi connectivity index (χ0n) is 9.97. The molecule has 0 saturated carbocycles. The molecule has 1 aromatic carbocycles. The lowest BCUT2D eigenvalue weighted by Crippen LogP contribution is -2.28. The summed E-state index contributed by atoms with van der Waals surface area (Å²) in [5, 5.41) is 3.29. The molecule has 3 nitrogen and oxygen atoms in total. The average Bonchev–Trinajstić information content (AvgIpc) is 2.41. The number of nitrogens with one attached hydrogen (secondary N) is 1. The van der Waals surface area contributed by atoms with E-state index in [1.54, 1.807) is 6.07 Å². The van der Waals surface area contributed by atoms with Crippen LogP contribution >= 0.6 is 15.9 Å². The van der Waals surface area contributed by atoms with E-state index in [1.165, 1.54) is 0 Å². The van der Waals surface area contributed by atoms with Crippen molar-refractivity contribution in [2.45, 2.75) is 18.8 Å². The molecule has 5 heteroatoms. The largest absolute Gasteiger partial charge is 0.486 e. The summed E-state index contributed by atoms with van der Waals surface area (Å²) >= 11 is 3.27. The average molecular weight is 316 g/mol. The fourth-order valence-electron chi connectivity index (χ4n) is 2.63. The number of halogens is 2. The maximum Gasteiger partial charge on any atom is 0.167 e. The Hall–Kier alpha value is -0.810. The zero-order chi connectivity index (χ0) is 12.5. The van der Waals surface area contributed by atoms with Gasteiger partial charge >= 0.3 is 0 Å². The van der Waals surface area contributed by atoms with Crippen LogP contribution in [0.5, 0.6) is 11.5 Å². The Morgan fingerprint density at radius 2 is 1.94 bits per heavy atom. The van der Waals surface area contributed by atoms with Gasteiger partial charge in [0.25, 0.3) is 0 Å². The number of hydrogen-bond acceptors (Lipinski definition) is 3. The van der Waals surface area contributed by atoms with Gasteiger partial charge in [-0.1, -0.05) is 0 Å². The van der Waals surface area contributed by atoms with Crippen molar-refractivity contribution in [2.24, 2.45) is 0 Å². The second-order valence-corrected chi connectivity index (χ2v) is 5.49. The van der Waals surface area contributed by atoms with E-state index in [1.807, 2.05) is 0 Å². The second kappa shape index (κ2) is 5.05. The van der Waals surface area contributed by atoms with E-state index in [0.717, 1.165) is 25.9 Å². The molecular formula is C13H15BrFNO2. The molecule has 2 aliphatic heterocycles. The summed E-state index contributed by atoms with van der Waals surface area (Å²) in [5.41, 5.74) is 0.681. The Kier molecular flexibility index (Phi) is 3.43. The Bertz CT molecular complexity index is 461. The van der Waals surface area contributed by atoms with Crippen LogP contribution in [0.2, 0.25) is 0 Å². The first-order valence-electron chi connectivity index (χ1n) is 6.25. The van der Waals surface area contributed by atoms with Gasteiger partial charge in [-0.25, -0.2) is 4.39 Å². The van der Waals surface area contributed by atoms with E-state index in [-0.39, 0.29) is 11.7 Å². The summed E-state index contributed by atoms with van der Waals surface area (Å²) < 4.78 is 26.0. The Labute approximate surface area is 114 Å². The highest BCUT2D eigenvalue weighted by atomic mass is 79.9. The molecule has 0 amide bonds. The Balaban J connectivity index is 2.07. The molecule has 0 radical (unpaired) electrons. The third-order valence-corrected chi connectivity index (χ3v) is 4.08. The number of benzene rings is 1. The van der Waals surface area contributed by atoms with Crippen molar-refractivity contribution in [3.05, 3.63) is 21.9 Å². The lowest BCUT2D eigenvalue weighted by molar-refractivity contribution is 0.167. The normalized spacial score (nSPS) is 19.9. The highest BCUT2D eigenvalue weighted by Crippen LogP contribution is 2.44. The maximum absolute atomic E-state index is 14.4. The van der Waals surface area contributed by atoms with Crippen LogP contribution in [0.3, 0.4) is 0 Å². The van der Waals surface area contributed by atoms with Gasteiger partial charge in [0.15, 0.2) is 11.5 Å². The summed E-state index contributed by atoms with van der Waals surface area (Å²) in [6.45, 7) is 2.86. The van der Waals surface area contributed by atoms with Crippen LogP contribution in [0.15, 0.2) is 10.5 Å². The van der Waals surface area contributed by atoms with Crippen molar-refractivity contribution in [1.29, 1.82) is 0 Å². The quantitative estimate of drug-likeness (QED) is 0.864. The van der Waals surface area contributed by atoms with Crippen LogP contribution in [0, 0.1) is 5.82 Å². The fraction of sp³-hybridized carbons (Fsp3) is 0.538. The van der Waals surface area contributed by atoms with Gasteiger partial charge in [0, 0.05) is 11.6 Å². The molecule has 18 heavy (non-hydrogen) atoms. The van der Waals surface area contributed by atoms with Crippen molar-refractivity contribution in [2.75, 3.05) is 26.3 Å². The molecule has 0 aliphatic carbocycles. The third kappa shape index (κ3) is 2.10. The second-order valence-electron chi connectivity index (χ2n) is 4.63. The minimum Gasteiger partial charge on any atom is -0.486 e. The van der Waals surface area contributed by atoms with Crippen LogP contribution < -0.4 is 14.8 Å². The van der Waals surface area contributed by atoms with Gasteiger partial charge < -0.3 is 14.8 Å². The first kappa shape index (κ1) is 12.2. The topological polar surface area (TPSA) is 30.5 Å². The van der Waals surface area contributed by atoms with Gasteiger partial charge in [-0.05, 0) is 47.8 Å². The van der Waals surface area contributed by atoms with Crippen LogP contribution in [-0.2, 0) is 0 Å². The summed E-state index contributed by atoms with van der Waals surface area (Å²) in [4.78, 5) is 0. The zero-order valence-corrected chi connectivity index (χ0v) is 11.6. The third-order valence-electron chi connectivity index (χ3n) is 3.51. The van der Waals surface area contributed by atoms with Crippen LogP contribution in [0.4, 0.5) is 4.39 Å². The molecule has 98 valence electrons. The molecule has 1 aromatic rings. The summed E-state index contributed by atoms with van der Waals surface area (Å²) in [6, 6.07) is 1.66. The molecular weight excluding hydrogens is 301 g/mol. The SMILES string of the molecule is Fc1c(Br)cc2c(c1C1CCNCC1)OCCO2. The van der Waals surface area contributed by atoms with E-state index in [9.17, 15) is 4.39 Å². The first-order chi connectivity index (χ1) is 8.77. The number of piperidine rings is 1. The van der Waals surface area contributed by atoms with E-state index in [2.05, 4.69) is 21.2 Å².